The quantitative estimate of drug-likeness (QED) is 0.765. The third kappa shape index (κ3) is 3.97. The Balaban J connectivity index is 2.42. The number of nitrogens with one attached hydrogen (secondary N) is 1. The van der Waals surface area contributed by atoms with Gasteiger partial charge in [-0.05, 0) is 25.3 Å². The van der Waals surface area contributed by atoms with Gasteiger partial charge in [-0.15, -0.1) is 0 Å². The molecule has 1 aromatic carbocycles. The summed E-state index contributed by atoms with van der Waals surface area (Å²) in [5.41, 5.74) is 2.71. The third-order valence-electron chi connectivity index (χ3n) is 3.50. The minimum absolute atomic E-state index is 0.608. The highest BCUT2D eigenvalue weighted by Crippen LogP contribution is 2.13. The minimum atomic E-state index is 0.608. The molecular formula is C15H25N. The van der Waals surface area contributed by atoms with Crippen LogP contribution in [0, 0.1) is 12.8 Å². The molecule has 1 atom stereocenters. The van der Waals surface area contributed by atoms with Gasteiger partial charge in [0.25, 0.3) is 0 Å². The highest BCUT2D eigenvalue weighted by atomic mass is 14.9. The van der Waals surface area contributed by atoms with Crippen molar-refractivity contribution < 1.29 is 0 Å². The lowest BCUT2D eigenvalue weighted by Gasteiger charge is -2.22. The van der Waals surface area contributed by atoms with E-state index in [0.717, 1.165) is 12.5 Å². The molecular weight excluding hydrogens is 194 g/mol. The fourth-order valence-corrected chi connectivity index (χ4v) is 2.15. The summed E-state index contributed by atoms with van der Waals surface area (Å²) in [5, 5.41) is 3.62. The van der Waals surface area contributed by atoms with Gasteiger partial charge in [-0.2, -0.15) is 0 Å². The van der Waals surface area contributed by atoms with E-state index in [2.05, 4.69) is 57.3 Å². The van der Waals surface area contributed by atoms with Gasteiger partial charge >= 0.3 is 0 Å². The standard InChI is InChI=1S/C15H25N/c1-5-15(6-2)13(4)16-11-14-9-7-12(3)8-10-14/h7-10,13,15-16H,5-6,11H2,1-4H3. The predicted octanol–water partition coefficient (Wildman–Crippen LogP) is 3.91. The van der Waals surface area contributed by atoms with E-state index in [1.807, 2.05) is 0 Å². The van der Waals surface area contributed by atoms with Gasteiger partial charge in [0, 0.05) is 12.6 Å². The van der Waals surface area contributed by atoms with Crippen LogP contribution in [-0.4, -0.2) is 6.04 Å². The van der Waals surface area contributed by atoms with E-state index < -0.39 is 0 Å². The Labute approximate surface area is 100 Å². The second kappa shape index (κ2) is 6.70. The maximum atomic E-state index is 3.62. The van der Waals surface area contributed by atoms with Gasteiger partial charge in [0.2, 0.25) is 0 Å². The van der Waals surface area contributed by atoms with Crippen LogP contribution in [0.4, 0.5) is 0 Å². The maximum absolute atomic E-state index is 3.62. The summed E-state index contributed by atoms with van der Waals surface area (Å²) in [4.78, 5) is 0. The van der Waals surface area contributed by atoms with E-state index in [1.54, 1.807) is 0 Å². The lowest BCUT2D eigenvalue weighted by Crippen LogP contribution is -2.32. The average molecular weight is 219 g/mol. The second-order valence-corrected chi connectivity index (χ2v) is 4.73. The number of hydrogen-bond acceptors (Lipinski definition) is 1. The van der Waals surface area contributed by atoms with Crippen LogP contribution in [0.15, 0.2) is 24.3 Å². The Kier molecular flexibility index (Phi) is 5.54. The number of benzene rings is 1. The van der Waals surface area contributed by atoms with Crippen molar-refractivity contribution in [3.63, 3.8) is 0 Å². The summed E-state index contributed by atoms with van der Waals surface area (Å²) >= 11 is 0. The van der Waals surface area contributed by atoms with Crippen LogP contribution >= 0.6 is 0 Å². The lowest BCUT2D eigenvalue weighted by molar-refractivity contribution is 0.353. The van der Waals surface area contributed by atoms with E-state index in [9.17, 15) is 0 Å². The molecule has 0 heterocycles. The molecule has 90 valence electrons. The molecule has 0 aliphatic heterocycles. The number of rotatable bonds is 6. The lowest BCUT2D eigenvalue weighted by atomic mass is 9.95. The smallest absolute Gasteiger partial charge is 0.0208 e. The molecule has 0 amide bonds. The Bertz CT molecular complexity index is 285. The molecule has 1 aromatic rings. The molecule has 16 heavy (non-hydrogen) atoms. The SMILES string of the molecule is CCC(CC)C(C)NCc1ccc(C)cc1. The van der Waals surface area contributed by atoms with E-state index in [1.165, 1.54) is 24.0 Å². The first-order valence-electron chi connectivity index (χ1n) is 6.46. The minimum Gasteiger partial charge on any atom is -0.310 e. The molecule has 0 fully saturated rings. The van der Waals surface area contributed by atoms with Crippen molar-refractivity contribution in [1.29, 1.82) is 0 Å². The molecule has 1 unspecified atom stereocenters. The van der Waals surface area contributed by atoms with Crippen molar-refractivity contribution in [3.05, 3.63) is 35.4 Å². The zero-order valence-corrected chi connectivity index (χ0v) is 11.1. The van der Waals surface area contributed by atoms with Gasteiger partial charge in [0.15, 0.2) is 0 Å². The number of aryl methyl sites for hydroxylation is 1. The summed E-state index contributed by atoms with van der Waals surface area (Å²) in [7, 11) is 0. The highest BCUT2D eigenvalue weighted by Gasteiger charge is 2.12. The Morgan fingerprint density at radius 3 is 2.12 bits per heavy atom. The average Bonchev–Trinajstić information content (AvgIpc) is 2.30. The topological polar surface area (TPSA) is 12.0 Å². The van der Waals surface area contributed by atoms with Crippen molar-refractivity contribution in [2.24, 2.45) is 5.92 Å². The van der Waals surface area contributed by atoms with Gasteiger partial charge in [0.05, 0.1) is 0 Å². The largest absolute Gasteiger partial charge is 0.310 e. The molecule has 1 heteroatoms. The fraction of sp³-hybridized carbons (Fsp3) is 0.600. The molecule has 1 N–H and O–H groups in total. The second-order valence-electron chi connectivity index (χ2n) is 4.73. The van der Waals surface area contributed by atoms with E-state index in [4.69, 9.17) is 0 Å². The predicted molar refractivity (Wildman–Crippen MR) is 71.6 cm³/mol. The highest BCUT2D eigenvalue weighted by molar-refractivity contribution is 5.21. The normalized spacial score (nSPS) is 13.1. The van der Waals surface area contributed by atoms with Crippen molar-refractivity contribution in [1.82, 2.24) is 5.32 Å². The van der Waals surface area contributed by atoms with E-state index >= 15 is 0 Å². The molecule has 0 aliphatic rings. The monoisotopic (exact) mass is 219 g/mol. The molecule has 0 saturated heterocycles. The molecule has 0 radical (unpaired) electrons. The summed E-state index contributed by atoms with van der Waals surface area (Å²) < 4.78 is 0. The molecule has 0 spiro atoms. The zero-order valence-electron chi connectivity index (χ0n) is 11.1. The van der Waals surface area contributed by atoms with Crippen molar-refractivity contribution in [3.8, 4) is 0 Å². The Morgan fingerprint density at radius 2 is 1.62 bits per heavy atom. The van der Waals surface area contributed by atoms with Crippen molar-refractivity contribution in [2.75, 3.05) is 0 Å². The molecule has 0 saturated carbocycles. The van der Waals surface area contributed by atoms with Crippen LogP contribution in [0.1, 0.15) is 44.7 Å². The van der Waals surface area contributed by atoms with Crippen LogP contribution in [0.5, 0.6) is 0 Å². The van der Waals surface area contributed by atoms with Crippen LogP contribution < -0.4 is 5.32 Å². The van der Waals surface area contributed by atoms with Gasteiger partial charge in [-0.1, -0.05) is 56.5 Å². The molecule has 0 aliphatic carbocycles. The van der Waals surface area contributed by atoms with Gasteiger partial charge in [0.1, 0.15) is 0 Å². The van der Waals surface area contributed by atoms with Crippen LogP contribution in [0.2, 0.25) is 0 Å². The summed E-state index contributed by atoms with van der Waals surface area (Å²) in [6, 6.07) is 9.39. The van der Waals surface area contributed by atoms with Gasteiger partial charge in [-0.3, -0.25) is 0 Å². The summed E-state index contributed by atoms with van der Waals surface area (Å²) in [6.45, 7) is 9.96. The summed E-state index contributed by atoms with van der Waals surface area (Å²) in [5.74, 6) is 0.797. The van der Waals surface area contributed by atoms with E-state index in [0.29, 0.717) is 6.04 Å². The van der Waals surface area contributed by atoms with Crippen molar-refractivity contribution in [2.45, 2.75) is 53.1 Å². The Morgan fingerprint density at radius 1 is 1.06 bits per heavy atom. The molecule has 1 rings (SSSR count). The molecule has 0 aromatic heterocycles. The number of hydrogen-bond donors (Lipinski definition) is 1. The van der Waals surface area contributed by atoms with E-state index in [-0.39, 0.29) is 0 Å². The van der Waals surface area contributed by atoms with Crippen LogP contribution in [0.3, 0.4) is 0 Å². The third-order valence-corrected chi connectivity index (χ3v) is 3.50. The first-order chi connectivity index (χ1) is 7.67. The van der Waals surface area contributed by atoms with Crippen LogP contribution in [-0.2, 0) is 6.54 Å². The summed E-state index contributed by atoms with van der Waals surface area (Å²) in [6.07, 6.45) is 2.52. The van der Waals surface area contributed by atoms with Crippen LogP contribution in [0.25, 0.3) is 0 Å². The first-order valence-corrected chi connectivity index (χ1v) is 6.46. The van der Waals surface area contributed by atoms with Gasteiger partial charge < -0.3 is 5.32 Å². The fourth-order valence-electron chi connectivity index (χ4n) is 2.15. The maximum Gasteiger partial charge on any atom is 0.0208 e. The first kappa shape index (κ1) is 13.2. The van der Waals surface area contributed by atoms with Crippen molar-refractivity contribution >= 4 is 0 Å². The molecule has 0 bridgehead atoms. The Hall–Kier alpha value is -0.820. The van der Waals surface area contributed by atoms with Gasteiger partial charge in [-0.25, -0.2) is 0 Å². The molecule has 1 nitrogen and oxygen atoms in total. The zero-order chi connectivity index (χ0) is 12.0.